The zero-order valence-corrected chi connectivity index (χ0v) is 31.3. The zero-order chi connectivity index (χ0) is 38.9. The third-order valence-corrected chi connectivity index (χ3v) is 10.9. The number of rotatable bonds is 7. The van der Waals surface area contributed by atoms with Gasteiger partial charge in [0.05, 0.1) is 12.0 Å². The van der Waals surface area contributed by atoms with Crippen LogP contribution in [0.1, 0.15) is 22.3 Å². The smallest absolute Gasteiger partial charge is 0.187 e. The summed E-state index contributed by atoms with van der Waals surface area (Å²) in [6, 6.07) is 70.5. The van der Waals surface area contributed by atoms with E-state index in [4.69, 9.17) is 26.3 Å². The average Bonchev–Trinajstić information content (AvgIpc) is 3.31. The lowest BCUT2D eigenvalue weighted by atomic mass is 9.63. The third-order valence-electron chi connectivity index (χ3n) is 10.9. The lowest BCUT2D eigenvalue weighted by molar-refractivity contribution is 0.434. The molecule has 5 heteroatoms. The maximum atomic E-state index is 7.39. The molecular formula is C53H34N4O. The molecule has 0 atom stereocenters. The molecule has 1 aliphatic heterocycles. The van der Waals surface area contributed by atoms with Crippen molar-refractivity contribution in [2.24, 2.45) is 0 Å². The lowest BCUT2D eigenvalue weighted by Gasteiger charge is -2.41. The summed E-state index contributed by atoms with van der Waals surface area (Å²) in [7, 11) is 0. The minimum absolute atomic E-state index is 0.532. The normalized spacial score (nSPS) is 12.4. The van der Waals surface area contributed by atoms with Crippen LogP contribution in [-0.2, 0) is 5.41 Å². The Labute approximate surface area is 337 Å². The van der Waals surface area contributed by atoms with E-state index in [1.165, 1.54) is 0 Å². The first-order valence-corrected chi connectivity index (χ1v) is 19.2. The van der Waals surface area contributed by atoms with Crippen molar-refractivity contribution in [2.45, 2.75) is 5.41 Å². The van der Waals surface area contributed by atoms with E-state index >= 15 is 0 Å². The van der Waals surface area contributed by atoms with Crippen LogP contribution in [0, 0.1) is 6.57 Å². The molecule has 0 unspecified atom stereocenters. The largest absolute Gasteiger partial charge is 0.457 e. The molecule has 8 aromatic carbocycles. The van der Waals surface area contributed by atoms with Crippen molar-refractivity contribution in [3.63, 3.8) is 0 Å². The van der Waals surface area contributed by atoms with Gasteiger partial charge < -0.3 is 4.74 Å². The molecule has 0 saturated heterocycles. The third kappa shape index (κ3) is 6.01. The van der Waals surface area contributed by atoms with Crippen LogP contribution in [0.2, 0.25) is 0 Å². The van der Waals surface area contributed by atoms with Gasteiger partial charge in [-0.25, -0.2) is 19.8 Å². The number of benzene rings is 8. The number of para-hydroxylation sites is 1. The van der Waals surface area contributed by atoms with Gasteiger partial charge >= 0.3 is 0 Å². The standard InChI is InChI=1S/C53H34N4O/c1-54-43-31-28-36(29-32-43)38-18-15-19-39(34-38)50-55-51(57-52(56-50)45-25-12-11-24-44(45)37-16-5-2-6-17-37)40-30-33-47-49(35-40)58-48-27-14-13-26-46(48)53(47,41-20-7-3-8-21-41)42-22-9-4-10-23-42/h2-35H. The molecule has 1 aromatic heterocycles. The second-order valence-electron chi connectivity index (χ2n) is 14.2. The lowest BCUT2D eigenvalue weighted by Crippen LogP contribution is -2.34. The van der Waals surface area contributed by atoms with Gasteiger partial charge in [0.2, 0.25) is 0 Å². The second-order valence-corrected chi connectivity index (χ2v) is 14.2. The zero-order valence-electron chi connectivity index (χ0n) is 31.3. The van der Waals surface area contributed by atoms with Gasteiger partial charge in [-0.15, -0.1) is 0 Å². The summed E-state index contributed by atoms with van der Waals surface area (Å²) in [4.78, 5) is 19.2. The summed E-state index contributed by atoms with van der Waals surface area (Å²) in [5.74, 6) is 3.19. The van der Waals surface area contributed by atoms with Crippen LogP contribution in [0.3, 0.4) is 0 Å². The fraction of sp³-hybridized carbons (Fsp3) is 0.0189. The van der Waals surface area contributed by atoms with Crippen LogP contribution >= 0.6 is 0 Å². The predicted molar refractivity (Wildman–Crippen MR) is 232 cm³/mol. The number of nitrogens with zero attached hydrogens (tertiary/aromatic N) is 4. The first-order valence-electron chi connectivity index (χ1n) is 19.2. The van der Waals surface area contributed by atoms with Gasteiger partial charge in [-0.2, -0.15) is 0 Å². The molecule has 0 saturated carbocycles. The van der Waals surface area contributed by atoms with E-state index in [0.717, 1.165) is 72.7 Å². The van der Waals surface area contributed by atoms with Gasteiger partial charge in [-0.1, -0.05) is 188 Å². The summed E-state index contributed by atoms with van der Waals surface area (Å²) in [5, 5.41) is 0. The highest BCUT2D eigenvalue weighted by atomic mass is 16.5. The highest BCUT2D eigenvalue weighted by molar-refractivity contribution is 5.82. The summed E-state index contributed by atoms with van der Waals surface area (Å²) >= 11 is 0. The molecule has 0 bridgehead atoms. The summed E-state index contributed by atoms with van der Waals surface area (Å²) in [6.07, 6.45) is 0. The van der Waals surface area contributed by atoms with E-state index in [9.17, 15) is 0 Å². The fourth-order valence-electron chi connectivity index (χ4n) is 8.22. The Hall–Kier alpha value is -7.94. The van der Waals surface area contributed by atoms with Gasteiger partial charge in [0, 0.05) is 27.8 Å². The van der Waals surface area contributed by atoms with Crippen LogP contribution in [0.25, 0.3) is 61.3 Å². The Morgan fingerprint density at radius 2 is 0.897 bits per heavy atom. The minimum Gasteiger partial charge on any atom is -0.457 e. The van der Waals surface area contributed by atoms with E-state index in [-0.39, 0.29) is 0 Å². The molecule has 5 nitrogen and oxygen atoms in total. The van der Waals surface area contributed by atoms with E-state index < -0.39 is 5.41 Å². The van der Waals surface area contributed by atoms with Gasteiger partial charge in [0.1, 0.15) is 11.5 Å². The molecule has 0 N–H and O–H groups in total. The summed E-state index contributed by atoms with van der Waals surface area (Å²) < 4.78 is 6.84. The number of hydrogen-bond acceptors (Lipinski definition) is 4. The van der Waals surface area contributed by atoms with Crippen molar-refractivity contribution in [1.29, 1.82) is 0 Å². The Bertz CT molecular complexity index is 2940. The molecule has 0 spiro atoms. The van der Waals surface area contributed by atoms with Gasteiger partial charge in [-0.05, 0) is 51.6 Å². The van der Waals surface area contributed by atoms with Crippen molar-refractivity contribution in [3.8, 4) is 67.9 Å². The van der Waals surface area contributed by atoms with Crippen LogP contribution in [0.5, 0.6) is 11.5 Å². The van der Waals surface area contributed by atoms with Crippen molar-refractivity contribution < 1.29 is 4.74 Å². The van der Waals surface area contributed by atoms with Crippen molar-refractivity contribution >= 4 is 5.69 Å². The Kier molecular flexibility index (Phi) is 8.70. The first-order chi connectivity index (χ1) is 28.7. The molecule has 1 aliphatic rings. The molecule has 2 heterocycles. The van der Waals surface area contributed by atoms with E-state index in [2.05, 4.69) is 132 Å². The highest BCUT2D eigenvalue weighted by Gasteiger charge is 2.45. The van der Waals surface area contributed by atoms with Gasteiger partial charge in [0.15, 0.2) is 23.2 Å². The molecule has 272 valence electrons. The average molecular weight is 743 g/mol. The Morgan fingerprint density at radius 3 is 1.59 bits per heavy atom. The van der Waals surface area contributed by atoms with Crippen molar-refractivity contribution in [1.82, 2.24) is 15.0 Å². The van der Waals surface area contributed by atoms with E-state index in [1.54, 1.807) is 0 Å². The van der Waals surface area contributed by atoms with Gasteiger partial charge in [0.25, 0.3) is 0 Å². The Balaban J connectivity index is 1.18. The molecule has 58 heavy (non-hydrogen) atoms. The van der Waals surface area contributed by atoms with Crippen LogP contribution in [0.15, 0.2) is 206 Å². The van der Waals surface area contributed by atoms with E-state index in [1.807, 2.05) is 78.9 Å². The molecule has 0 fully saturated rings. The molecule has 0 radical (unpaired) electrons. The molecular weight excluding hydrogens is 709 g/mol. The van der Waals surface area contributed by atoms with Gasteiger partial charge in [-0.3, -0.25) is 0 Å². The first kappa shape index (κ1) is 34.5. The second kappa shape index (κ2) is 14.6. The monoisotopic (exact) mass is 742 g/mol. The SMILES string of the molecule is [C-]#[N+]c1ccc(-c2cccc(-c3nc(-c4ccc5c(c4)Oc4ccccc4C5(c4ccccc4)c4ccccc4)nc(-c4ccccc4-c4ccccc4)n3)c2)cc1. The summed E-state index contributed by atoms with van der Waals surface area (Å²) in [6.45, 7) is 7.39. The minimum atomic E-state index is -0.636. The number of aromatic nitrogens is 3. The van der Waals surface area contributed by atoms with Crippen LogP contribution in [-0.4, -0.2) is 15.0 Å². The Morgan fingerprint density at radius 1 is 0.379 bits per heavy atom. The van der Waals surface area contributed by atoms with E-state index in [0.29, 0.717) is 23.2 Å². The molecule has 10 rings (SSSR count). The number of ether oxygens (including phenoxy) is 1. The summed E-state index contributed by atoms with van der Waals surface area (Å²) in [5.41, 5.74) is 11.1. The van der Waals surface area contributed by atoms with Crippen molar-refractivity contribution in [2.75, 3.05) is 0 Å². The maximum Gasteiger partial charge on any atom is 0.187 e. The van der Waals surface area contributed by atoms with Crippen LogP contribution in [0.4, 0.5) is 5.69 Å². The predicted octanol–water partition coefficient (Wildman–Crippen LogP) is 13.2. The number of hydrogen-bond donors (Lipinski definition) is 0. The molecule has 0 amide bonds. The van der Waals surface area contributed by atoms with Crippen molar-refractivity contribution in [3.05, 3.63) is 240 Å². The number of fused-ring (bicyclic) bond motifs is 2. The topological polar surface area (TPSA) is 52.3 Å². The maximum absolute atomic E-state index is 7.39. The molecule has 0 aliphatic carbocycles. The fourth-order valence-corrected chi connectivity index (χ4v) is 8.22. The quantitative estimate of drug-likeness (QED) is 0.153. The molecule has 9 aromatic rings. The highest BCUT2D eigenvalue weighted by Crippen LogP contribution is 2.55. The van der Waals surface area contributed by atoms with Crippen LogP contribution < -0.4 is 4.74 Å².